The SMILES string of the molecule is C[C@H](CC(=O)O)[N+](C)(C)C(=O)N(C)c1ccccc1I. The van der Waals surface area contributed by atoms with Crippen LogP contribution in [-0.2, 0) is 4.79 Å². The largest absolute Gasteiger partial charge is 0.481 e. The average Bonchev–Trinajstić information content (AvgIpc) is 2.36. The molecule has 0 saturated carbocycles. The average molecular weight is 391 g/mol. The molecule has 0 radical (unpaired) electrons. The molecule has 110 valence electrons. The fourth-order valence-corrected chi connectivity index (χ4v) is 2.63. The van der Waals surface area contributed by atoms with E-state index < -0.39 is 5.97 Å². The van der Waals surface area contributed by atoms with Gasteiger partial charge in [-0.1, -0.05) is 12.1 Å². The Morgan fingerprint density at radius 2 is 1.90 bits per heavy atom. The lowest BCUT2D eigenvalue weighted by atomic mass is 10.2. The van der Waals surface area contributed by atoms with Gasteiger partial charge in [0, 0.05) is 10.6 Å². The van der Waals surface area contributed by atoms with Gasteiger partial charge in [0.05, 0.1) is 26.2 Å². The molecule has 0 fully saturated rings. The summed E-state index contributed by atoms with van der Waals surface area (Å²) in [6, 6.07) is 7.16. The zero-order chi connectivity index (χ0) is 15.5. The standard InChI is InChI=1S/C14H19IN2O3/c1-10(9-13(18)19)17(3,4)14(20)16(2)12-8-6-5-7-11(12)15/h5-8,10H,9H2,1-4H3/p+1/t10-/m1/s1. The minimum absolute atomic E-state index is 0.00618. The highest BCUT2D eigenvalue weighted by Crippen LogP contribution is 2.24. The van der Waals surface area contributed by atoms with Crippen molar-refractivity contribution in [2.24, 2.45) is 0 Å². The summed E-state index contributed by atoms with van der Waals surface area (Å²) in [6.45, 7) is 1.77. The second-order valence-electron chi connectivity index (χ2n) is 5.28. The molecule has 0 aliphatic rings. The minimum Gasteiger partial charge on any atom is -0.481 e. The molecule has 0 bridgehead atoms. The Balaban J connectivity index is 2.98. The number of nitrogens with zero attached hydrogens (tertiary/aromatic N) is 2. The third kappa shape index (κ3) is 3.69. The number of urea groups is 1. The number of carbonyl (C=O) groups excluding carboxylic acids is 1. The van der Waals surface area contributed by atoms with Crippen LogP contribution < -0.4 is 4.90 Å². The van der Waals surface area contributed by atoms with Gasteiger partial charge in [0.15, 0.2) is 0 Å². The van der Waals surface area contributed by atoms with Crippen molar-refractivity contribution >= 4 is 40.3 Å². The summed E-state index contributed by atoms with van der Waals surface area (Å²) in [5, 5.41) is 8.89. The van der Waals surface area contributed by atoms with Crippen LogP contribution in [-0.4, -0.2) is 48.8 Å². The van der Waals surface area contributed by atoms with Gasteiger partial charge in [0.2, 0.25) is 0 Å². The molecule has 5 nitrogen and oxygen atoms in total. The Kier molecular flexibility index (Phi) is 5.52. The topological polar surface area (TPSA) is 57.6 Å². The number of halogens is 1. The highest BCUT2D eigenvalue weighted by atomic mass is 127. The lowest BCUT2D eigenvalue weighted by molar-refractivity contribution is -0.832. The van der Waals surface area contributed by atoms with E-state index in [1.165, 1.54) is 0 Å². The molecule has 0 aromatic heterocycles. The van der Waals surface area contributed by atoms with Crippen LogP contribution in [0, 0.1) is 3.57 Å². The van der Waals surface area contributed by atoms with E-state index >= 15 is 0 Å². The van der Waals surface area contributed by atoms with Crippen LogP contribution in [0.25, 0.3) is 0 Å². The molecule has 0 heterocycles. The summed E-state index contributed by atoms with van der Waals surface area (Å²) in [4.78, 5) is 25.1. The summed E-state index contributed by atoms with van der Waals surface area (Å²) in [5.41, 5.74) is 0.826. The van der Waals surface area contributed by atoms with Crippen molar-refractivity contribution in [2.75, 3.05) is 26.0 Å². The van der Waals surface area contributed by atoms with E-state index in [4.69, 9.17) is 5.11 Å². The lowest BCUT2D eigenvalue weighted by Gasteiger charge is -2.35. The Labute approximate surface area is 132 Å². The third-order valence-electron chi connectivity index (χ3n) is 3.57. The highest BCUT2D eigenvalue weighted by molar-refractivity contribution is 14.1. The number of aliphatic carboxylic acids is 1. The van der Waals surface area contributed by atoms with Crippen molar-refractivity contribution in [3.63, 3.8) is 0 Å². The van der Waals surface area contributed by atoms with Gasteiger partial charge in [0.1, 0.15) is 6.04 Å². The first-order chi connectivity index (χ1) is 9.17. The van der Waals surface area contributed by atoms with Crippen molar-refractivity contribution in [1.82, 2.24) is 0 Å². The first-order valence-corrected chi connectivity index (χ1v) is 7.34. The van der Waals surface area contributed by atoms with Crippen LogP contribution in [0.4, 0.5) is 10.5 Å². The zero-order valence-corrected chi connectivity index (χ0v) is 14.3. The zero-order valence-electron chi connectivity index (χ0n) is 12.1. The van der Waals surface area contributed by atoms with Gasteiger partial charge in [-0.2, -0.15) is 0 Å². The Hall–Kier alpha value is -1.15. The maximum Gasteiger partial charge on any atom is 0.423 e. The number of benzene rings is 1. The van der Waals surface area contributed by atoms with E-state index in [9.17, 15) is 9.59 Å². The monoisotopic (exact) mass is 391 g/mol. The summed E-state index contributed by atoms with van der Waals surface area (Å²) < 4.78 is 0.972. The molecule has 0 spiro atoms. The van der Waals surface area contributed by atoms with E-state index in [1.54, 1.807) is 33.0 Å². The number of para-hydroxylation sites is 1. The molecule has 0 aliphatic carbocycles. The maximum atomic E-state index is 12.6. The third-order valence-corrected chi connectivity index (χ3v) is 4.48. The van der Waals surface area contributed by atoms with Crippen LogP contribution >= 0.6 is 22.6 Å². The maximum absolute atomic E-state index is 12.6. The van der Waals surface area contributed by atoms with Crippen molar-refractivity contribution < 1.29 is 19.2 Å². The Morgan fingerprint density at radius 1 is 1.35 bits per heavy atom. The van der Waals surface area contributed by atoms with Crippen LogP contribution in [0.2, 0.25) is 0 Å². The van der Waals surface area contributed by atoms with Crippen LogP contribution in [0.15, 0.2) is 24.3 Å². The van der Waals surface area contributed by atoms with Crippen molar-refractivity contribution in [1.29, 1.82) is 0 Å². The van der Waals surface area contributed by atoms with E-state index in [0.717, 1.165) is 9.26 Å². The number of amides is 2. The van der Waals surface area contributed by atoms with E-state index in [2.05, 4.69) is 22.6 Å². The molecular weight excluding hydrogens is 371 g/mol. The molecular formula is C14H20IN2O3+. The van der Waals surface area contributed by atoms with Crippen molar-refractivity contribution in [3.8, 4) is 0 Å². The molecule has 1 N–H and O–H groups in total. The number of rotatable bonds is 4. The number of carbonyl (C=O) groups is 2. The number of hydrogen-bond donors (Lipinski definition) is 1. The number of carboxylic acid groups (broad SMARTS) is 1. The van der Waals surface area contributed by atoms with Gasteiger partial charge in [0.25, 0.3) is 0 Å². The second-order valence-corrected chi connectivity index (χ2v) is 6.44. The predicted octanol–water partition coefficient (Wildman–Crippen LogP) is 2.79. The summed E-state index contributed by atoms with van der Waals surface area (Å²) in [6.07, 6.45) is -0.0432. The molecule has 1 rings (SSSR count). The second kappa shape index (κ2) is 6.53. The van der Waals surface area contributed by atoms with Crippen molar-refractivity contribution in [3.05, 3.63) is 27.8 Å². The molecule has 1 aromatic rings. The first kappa shape index (κ1) is 16.9. The molecule has 1 aromatic carbocycles. The number of quaternary nitrogens is 1. The van der Waals surface area contributed by atoms with Crippen LogP contribution in [0.3, 0.4) is 0 Å². The first-order valence-electron chi connectivity index (χ1n) is 6.26. The molecule has 1 atom stereocenters. The summed E-state index contributed by atoms with van der Waals surface area (Å²) in [5.74, 6) is -0.895. The quantitative estimate of drug-likeness (QED) is 0.635. The molecule has 20 heavy (non-hydrogen) atoms. The molecule has 2 amide bonds. The lowest BCUT2D eigenvalue weighted by Crippen LogP contribution is -2.57. The molecule has 6 heteroatoms. The molecule has 0 saturated heterocycles. The van der Waals surface area contributed by atoms with Crippen molar-refractivity contribution in [2.45, 2.75) is 19.4 Å². The molecule has 0 aliphatic heterocycles. The number of hydrogen-bond acceptors (Lipinski definition) is 2. The van der Waals surface area contributed by atoms with Gasteiger partial charge < -0.3 is 5.11 Å². The minimum atomic E-state index is -0.895. The Morgan fingerprint density at radius 3 is 2.40 bits per heavy atom. The normalized spacial score (nSPS) is 12.8. The van der Waals surface area contributed by atoms with E-state index in [-0.39, 0.29) is 23.0 Å². The molecule has 0 unspecified atom stereocenters. The van der Waals surface area contributed by atoms with Crippen LogP contribution in [0.1, 0.15) is 13.3 Å². The number of anilines is 1. The number of carboxylic acids is 1. The van der Waals surface area contributed by atoms with E-state index in [0.29, 0.717) is 0 Å². The van der Waals surface area contributed by atoms with Gasteiger partial charge in [-0.3, -0.25) is 9.69 Å². The highest BCUT2D eigenvalue weighted by Gasteiger charge is 2.37. The fourth-order valence-electron chi connectivity index (χ4n) is 1.88. The van der Waals surface area contributed by atoms with Gasteiger partial charge in [-0.15, -0.1) is 0 Å². The van der Waals surface area contributed by atoms with Gasteiger partial charge in [-0.05, 0) is 41.6 Å². The fraction of sp³-hybridized carbons (Fsp3) is 0.429. The summed E-state index contributed by atoms with van der Waals surface area (Å²) >= 11 is 2.18. The van der Waals surface area contributed by atoms with E-state index in [1.807, 2.05) is 24.3 Å². The van der Waals surface area contributed by atoms with Gasteiger partial charge in [-0.25, -0.2) is 9.28 Å². The summed E-state index contributed by atoms with van der Waals surface area (Å²) in [7, 11) is 5.19. The predicted molar refractivity (Wildman–Crippen MR) is 86.8 cm³/mol. The smallest absolute Gasteiger partial charge is 0.423 e. The van der Waals surface area contributed by atoms with Gasteiger partial charge >= 0.3 is 12.0 Å². The Bertz CT molecular complexity index is 517. The van der Waals surface area contributed by atoms with Crippen LogP contribution in [0.5, 0.6) is 0 Å².